The molecule has 0 bridgehead atoms. The Morgan fingerprint density at radius 3 is 2.29 bits per heavy atom. The van der Waals surface area contributed by atoms with Gasteiger partial charge in [-0.3, -0.25) is 4.90 Å². The highest BCUT2D eigenvalue weighted by Crippen LogP contribution is 2.31. The molecule has 0 radical (unpaired) electrons. The Morgan fingerprint density at radius 1 is 1.09 bits per heavy atom. The molecule has 2 aliphatic rings. The zero-order valence-corrected chi connectivity index (χ0v) is 19.9. The average molecular weight is 478 g/mol. The molecule has 1 aliphatic carbocycles. The largest absolute Gasteiger partial charge is 0.416 e. The second-order valence-corrected chi connectivity index (χ2v) is 9.49. The molecule has 2 amide bonds. The van der Waals surface area contributed by atoms with Crippen LogP contribution >= 0.6 is 0 Å². The van der Waals surface area contributed by atoms with Gasteiger partial charge in [0.2, 0.25) is 0 Å². The third-order valence-electron chi connectivity index (χ3n) is 7.21. The van der Waals surface area contributed by atoms with E-state index in [1.54, 1.807) is 7.05 Å². The minimum atomic E-state index is -4.35. The Labute approximate surface area is 198 Å². The summed E-state index contributed by atoms with van der Waals surface area (Å²) < 4.78 is 38.5. The van der Waals surface area contributed by atoms with Gasteiger partial charge >= 0.3 is 12.2 Å². The van der Waals surface area contributed by atoms with Crippen molar-refractivity contribution in [1.29, 1.82) is 0 Å². The number of aromatic nitrogens is 2. The molecule has 2 heterocycles. The fraction of sp³-hybridized carbons (Fsp3) is 0.600. The normalized spacial score (nSPS) is 18.7. The van der Waals surface area contributed by atoms with Crippen molar-refractivity contribution >= 4 is 6.03 Å². The van der Waals surface area contributed by atoms with Crippen LogP contribution in [0.4, 0.5) is 18.0 Å². The number of aromatic amines is 1. The Bertz CT molecular complexity index is 958. The molecule has 186 valence electrons. The molecule has 2 N–H and O–H groups in total. The van der Waals surface area contributed by atoms with Crippen LogP contribution < -0.4 is 5.32 Å². The van der Waals surface area contributed by atoms with Crippen LogP contribution in [0, 0.1) is 6.92 Å². The first kappa shape index (κ1) is 24.6. The quantitative estimate of drug-likeness (QED) is 0.611. The van der Waals surface area contributed by atoms with Crippen molar-refractivity contribution in [3.05, 3.63) is 41.2 Å². The highest BCUT2D eigenvalue weighted by molar-refractivity contribution is 5.74. The summed E-state index contributed by atoms with van der Waals surface area (Å²) in [7, 11) is 1.71. The number of nitrogens with zero attached hydrogens (tertiary/aromatic N) is 3. The summed E-state index contributed by atoms with van der Waals surface area (Å²) in [5, 5.41) is 2.85. The van der Waals surface area contributed by atoms with Gasteiger partial charge in [-0.1, -0.05) is 31.4 Å². The lowest BCUT2D eigenvalue weighted by Gasteiger charge is -2.43. The van der Waals surface area contributed by atoms with E-state index < -0.39 is 11.7 Å². The Hall–Kier alpha value is -2.55. The molecule has 1 aliphatic heterocycles. The Morgan fingerprint density at radius 2 is 1.71 bits per heavy atom. The smallest absolute Gasteiger partial charge is 0.342 e. The molecule has 0 spiro atoms. The number of imidazole rings is 1. The van der Waals surface area contributed by atoms with E-state index in [-0.39, 0.29) is 12.1 Å². The number of likely N-dealkylation sites (tertiary alicyclic amines) is 1. The van der Waals surface area contributed by atoms with Gasteiger partial charge in [0.25, 0.3) is 0 Å². The van der Waals surface area contributed by atoms with Gasteiger partial charge in [-0.05, 0) is 44.7 Å². The molecule has 1 saturated carbocycles. The summed E-state index contributed by atoms with van der Waals surface area (Å²) in [4.78, 5) is 25.0. The van der Waals surface area contributed by atoms with Gasteiger partial charge in [0, 0.05) is 50.0 Å². The predicted octanol–water partition coefficient (Wildman–Crippen LogP) is 5.34. The van der Waals surface area contributed by atoms with Crippen LogP contribution in [-0.2, 0) is 12.7 Å². The van der Waals surface area contributed by atoms with Gasteiger partial charge in [-0.15, -0.1) is 0 Å². The molecule has 2 fully saturated rings. The number of hydrogen-bond acceptors (Lipinski definition) is 3. The van der Waals surface area contributed by atoms with Crippen molar-refractivity contribution in [2.24, 2.45) is 0 Å². The number of amides is 2. The number of carbonyl (C=O) groups excluding carboxylic acids is 1. The molecular weight excluding hydrogens is 443 g/mol. The number of halogens is 3. The molecule has 6 nitrogen and oxygen atoms in total. The summed E-state index contributed by atoms with van der Waals surface area (Å²) in [6, 6.07) is 5.70. The summed E-state index contributed by atoms with van der Waals surface area (Å²) in [5.74, 6) is 0.583. The number of benzene rings is 1. The first-order valence-electron chi connectivity index (χ1n) is 12.2. The molecule has 2 aromatic rings. The van der Waals surface area contributed by atoms with Crippen molar-refractivity contribution in [2.75, 3.05) is 20.1 Å². The van der Waals surface area contributed by atoms with E-state index in [1.807, 2.05) is 6.92 Å². The van der Waals surface area contributed by atoms with Gasteiger partial charge < -0.3 is 15.2 Å². The van der Waals surface area contributed by atoms with E-state index >= 15 is 0 Å². The van der Waals surface area contributed by atoms with Crippen LogP contribution in [-0.4, -0.2) is 58.0 Å². The fourth-order valence-corrected chi connectivity index (χ4v) is 5.29. The van der Waals surface area contributed by atoms with Crippen molar-refractivity contribution in [3.8, 4) is 11.4 Å². The molecule has 9 heteroatoms. The van der Waals surface area contributed by atoms with Crippen molar-refractivity contribution in [1.82, 2.24) is 25.1 Å². The van der Waals surface area contributed by atoms with Gasteiger partial charge in [0.05, 0.1) is 11.3 Å². The second kappa shape index (κ2) is 10.4. The van der Waals surface area contributed by atoms with Gasteiger partial charge in [0.15, 0.2) is 0 Å². The maximum Gasteiger partial charge on any atom is 0.416 e. The van der Waals surface area contributed by atoms with E-state index in [9.17, 15) is 18.0 Å². The maximum absolute atomic E-state index is 12.8. The number of aryl methyl sites for hydroxylation is 1. The number of H-pyrrole nitrogens is 1. The van der Waals surface area contributed by atoms with Crippen LogP contribution in [0.15, 0.2) is 24.3 Å². The first-order valence-corrected chi connectivity index (χ1v) is 12.2. The number of hydrogen-bond donors (Lipinski definition) is 2. The SMILES string of the molecule is CNC(=O)N(C1CCCCC1)C1CCN(Cc2nc(-c3ccc(C(F)(F)F)cc3)[nH]c2C)CC1. The van der Waals surface area contributed by atoms with E-state index in [0.29, 0.717) is 24.0 Å². The minimum absolute atomic E-state index is 0.0367. The van der Waals surface area contributed by atoms with Crippen molar-refractivity contribution in [2.45, 2.75) is 76.7 Å². The summed E-state index contributed by atoms with van der Waals surface area (Å²) in [5.41, 5.74) is 1.80. The molecule has 34 heavy (non-hydrogen) atoms. The zero-order chi connectivity index (χ0) is 24.3. The van der Waals surface area contributed by atoms with Crippen LogP contribution in [0.2, 0.25) is 0 Å². The topological polar surface area (TPSA) is 64.3 Å². The molecule has 1 aromatic heterocycles. The number of alkyl halides is 3. The molecule has 1 saturated heterocycles. The number of rotatable bonds is 5. The maximum atomic E-state index is 12.8. The molecule has 0 unspecified atom stereocenters. The van der Waals surface area contributed by atoms with Crippen LogP contribution in [0.3, 0.4) is 0 Å². The third-order valence-corrected chi connectivity index (χ3v) is 7.21. The second-order valence-electron chi connectivity index (χ2n) is 9.49. The summed E-state index contributed by atoms with van der Waals surface area (Å²) >= 11 is 0. The zero-order valence-electron chi connectivity index (χ0n) is 19.9. The van der Waals surface area contributed by atoms with Gasteiger partial charge in [-0.25, -0.2) is 9.78 Å². The van der Waals surface area contributed by atoms with Crippen LogP contribution in [0.5, 0.6) is 0 Å². The summed E-state index contributed by atoms with van der Waals surface area (Å²) in [6.07, 6.45) is 3.33. The number of carbonyl (C=O) groups is 1. The van der Waals surface area contributed by atoms with E-state index in [1.165, 1.54) is 31.4 Å². The lowest BCUT2D eigenvalue weighted by Crippen LogP contribution is -2.54. The lowest BCUT2D eigenvalue weighted by molar-refractivity contribution is -0.137. The molecule has 0 atom stereocenters. The predicted molar refractivity (Wildman–Crippen MR) is 125 cm³/mol. The number of nitrogens with one attached hydrogen (secondary N) is 2. The summed E-state index contributed by atoms with van der Waals surface area (Å²) in [6.45, 7) is 4.39. The van der Waals surface area contributed by atoms with Gasteiger partial charge in [0.1, 0.15) is 5.82 Å². The molecular formula is C25H34F3N5O. The highest BCUT2D eigenvalue weighted by atomic mass is 19.4. The average Bonchev–Trinajstić information content (AvgIpc) is 3.20. The first-order chi connectivity index (χ1) is 16.3. The van der Waals surface area contributed by atoms with Crippen LogP contribution in [0.25, 0.3) is 11.4 Å². The number of piperidine rings is 1. The van der Waals surface area contributed by atoms with E-state index in [4.69, 9.17) is 0 Å². The molecule has 1 aromatic carbocycles. The minimum Gasteiger partial charge on any atom is -0.342 e. The Balaban J connectivity index is 1.37. The Kier molecular flexibility index (Phi) is 7.50. The van der Waals surface area contributed by atoms with Crippen LogP contribution in [0.1, 0.15) is 61.9 Å². The molecule has 4 rings (SSSR count). The standard InChI is InChI=1S/C25H34F3N5O/c1-17-22(31-23(30-17)18-8-10-19(11-9-18)25(26,27)28)16-32-14-12-21(13-15-32)33(24(34)29-2)20-6-4-3-5-7-20/h8-11,20-21H,3-7,12-16H2,1-2H3,(H,29,34)(H,30,31). The van der Waals surface area contributed by atoms with Crippen molar-refractivity contribution in [3.63, 3.8) is 0 Å². The monoisotopic (exact) mass is 477 g/mol. The lowest BCUT2D eigenvalue weighted by atomic mass is 9.91. The fourth-order valence-electron chi connectivity index (χ4n) is 5.29. The van der Waals surface area contributed by atoms with E-state index in [0.717, 1.165) is 62.3 Å². The highest BCUT2D eigenvalue weighted by Gasteiger charge is 2.34. The van der Waals surface area contributed by atoms with Crippen molar-refractivity contribution < 1.29 is 18.0 Å². The van der Waals surface area contributed by atoms with E-state index in [2.05, 4.69) is 25.1 Å². The van der Waals surface area contributed by atoms with Gasteiger partial charge in [-0.2, -0.15) is 13.2 Å². The third kappa shape index (κ3) is 5.56. The number of urea groups is 1.